The summed E-state index contributed by atoms with van der Waals surface area (Å²) in [6.45, 7) is 6.48. The molecule has 0 radical (unpaired) electrons. The van der Waals surface area contributed by atoms with Crippen LogP contribution in [0.3, 0.4) is 0 Å². The summed E-state index contributed by atoms with van der Waals surface area (Å²) in [4.78, 5) is 6.47. The minimum atomic E-state index is 0.461. The minimum Gasteiger partial charge on any atom is -0.494 e. The van der Waals surface area contributed by atoms with Gasteiger partial charge in [0, 0.05) is 25.1 Å². The van der Waals surface area contributed by atoms with Crippen LogP contribution in [-0.4, -0.2) is 25.2 Å². The van der Waals surface area contributed by atoms with E-state index in [1.807, 2.05) is 0 Å². The zero-order chi connectivity index (χ0) is 15.7. The molecule has 22 heavy (non-hydrogen) atoms. The van der Waals surface area contributed by atoms with E-state index >= 15 is 0 Å². The number of ether oxygens (including phenoxy) is 1. The molecule has 0 saturated carbocycles. The average molecular weight is 317 g/mol. The second-order valence-electron chi connectivity index (χ2n) is 6.06. The maximum Gasteiger partial charge on any atom is 0.146 e. The van der Waals surface area contributed by atoms with Crippen LogP contribution >= 0.6 is 11.6 Å². The molecule has 1 aromatic heterocycles. The highest BCUT2D eigenvalue weighted by Gasteiger charge is 2.31. The van der Waals surface area contributed by atoms with Crippen LogP contribution in [0.5, 0.6) is 5.75 Å². The number of nitrogens with zero attached hydrogens (tertiary/aromatic N) is 2. The van der Waals surface area contributed by atoms with E-state index in [1.54, 1.807) is 19.4 Å². The molecule has 0 spiro atoms. The van der Waals surface area contributed by atoms with Crippen molar-refractivity contribution >= 4 is 17.3 Å². The summed E-state index contributed by atoms with van der Waals surface area (Å²) in [5.41, 5.74) is 3.94. The first-order valence-corrected chi connectivity index (χ1v) is 8.01. The van der Waals surface area contributed by atoms with Crippen LogP contribution in [0.1, 0.15) is 36.8 Å². The van der Waals surface area contributed by atoms with E-state index in [0.717, 1.165) is 24.5 Å². The molecule has 0 atom stereocenters. The summed E-state index contributed by atoms with van der Waals surface area (Å²) in [5.74, 6) is 1.91. The molecular formula is C18H21ClN2O. The third-order valence-corrected chi connectivity index (χ3v) is 4.52. The summed E-state index contributed by atoms with van der Waals surface area (Å²) < 4.78 is 5.42. The third kappa shape index (κ3) is 2.78. The first-order chi connectivity index (χ1) is 10.6. The Hall–Kier alpha value is -1.74. The van der Waals surface area contributed by atoms with Crippen molar-refractivity contribution < 1.29 is 4.74 Å². The van der Waals surface area contributed by atoms with Gasteiger partial charge in [0.25, 0.3) is 0 Å². The summed E-state index contributed by atoms with van der Waals surface area (Å²) in [5, 5.41) is 0.461. The van der Waals surface area contributed by atoms with Crippen LogP contribution < -0.4 is 9.64 Å². The molecule has 1 fully saturated rings. The van der Waals surface area contributed by atoms with E-state index in [1.165, 1.54) is 11.1 Å². The van der Waals surface area contributed by atoms with Crippen molar-refractivity contribution in [1.29, 1.82) is 0 Å². The lowest BCUT2D eigenvalue weighted by Gasteiger charge is -2.42. The zero-order valence-corrected chi connectivity index (χ0v) is 14.0. The molecule has 0 bridgehead atoms. The molecule has 2 heterocycles. The largest absolute Gasteiger partial charge is 0.494 e. The molecule has 0 unspecified atom stereocenters. The zero-order valence-electron chi connectivity index (χ0n) is 13.2. The Bertz CT molecular complexity index is 666. The van der Waals surface area contributed by atoms with Crippen molar-refractivity contribution in [3.8, 4) is 5.75 Å². The van der Waals surface area contributed by atoms with Crippen LogP contribution in [0.15, 0.2) is 36.5 Å². The summed E-state index contributed by atoms with van der Waals surface area (Å²) in [6.07, 6.45) is 1.80. The predicted molar refractivity (Wildman–Crippen MR) is 91.3 cm³/mol. The van der Waals surface area contributed by atoms with Crippen molar-refractivity contribution in [3.05, 3.63) is 52.8 Å². The van der Waals surface area contributed by atoms with E-state index < -0.39 is 0 Å². The standard InChI is InChI=1S/C18H21ClN2O/c1-12(2)14-6-4-5-7-15(14)13-10-21(11-13)16-9-20-18(19)8-17(16)22-3/h4-9,12-13H,10-11H2,1-3H3. The highest BCUT2D eigenvalue weighted by molar-refractivity contribution is 6.29. The summed E-state index contributed by atoms with van der Waals surface area (Å²) in [6, 6.07) is 10.5. The fraction of sp³-hybridized carbons (Fsp3) is 0.389. The van der Waals surface area contributed by atoms with Gasteiger partial charge in [-0.2, -0.15) is 0 Å². The first-order valence-electron chi connectivity index (χ1n) is 7.63. The molecule has 0 aliphatic carbocycles. The maximum absolute atomic E-state index is 5.93. The summed E-state index contributed by atoms with van der Waals surface area (Å²) in [7, 11) is 1.67. The lowest BCUT2D eigenvalue weighted by molar-refractivity contribution is 0.408. The van der Waals surface area contributed by atoms with Crippen LogP contribution in [0.25, 0.3) is 0 Å². The lowest BCUT2D eigenvalue weighted by Crippen LogP contribution is -2.45. The number of rotatable bonds is 4. The molecule has 116 valence electrons. The molecule has 1 aromatic carbocycles. The van der Waals surface area contributed by atoms with Gasteiger partial charge in [0.1, 0.15) is 10.9 Å². The van der Waals surface area contributed by atoms with E-state index in [2.05, 4.69) is 48.0 Å². The maximum atomic E-state index is 5.93. The van der Waals surface area contributed by atoms with Crippen molar-refractivity contribution in [3.63, 3.8) is 0 Å². The highest BCUT2D eigenvalue weighted by Crippen LogP contribution is 2.39. The van der Waals surface area contributed by atoms with E-state index in [-0.39, 0.29) is 0 Å². The number of pyridine rings is 1. The van der Waals surface area contributed by atoms with Crippen LogP contribution in [-0.2, 0) is 0 Å². The van der Waals surface area contributed by atoms with Gasteiger partial charge in [0.2, 0.25) is 0 Å². The van der Waals surface area contributed by atoms with E-state index in [0.29, 0.717) is 17.0 Å². The Kier molecular flexibility index (Phi) is 4.25. The highest BCUT2D eigenvalue weighted by atomic mass is 35.5. The number of methoxy groups -OCH3 is 1. The molecule has 1 aliphatic rings. The van der Waals surface area contributed by atoms with Gasteiger partial charge >= 0.3 is 0 Å². The Morgan fingerprint density at radius 3 is 2.68 bits per heavy atom. The van der Waals surface area contributed by atoms with Crippen molar-refractivity contribution in [1.82, 2.24) is 4.98 Å². The molecule has 1 aliphatic heterocycles. The molecule has 1 saturated heterocycles. The lowest BCUT2D eigenvalue weighted by atomic mass is 9.84. The molecule has 0 N–H and O–H groups in total. The molecule has 0 amide bonds. The van der Waals surface area contributed by atoms with Gasteiger partial charge in [-0.15, -0.1) is 0 Å². The molecule has 4 heteroatoms. The van der Waals surface area contributed by atoms with E-state index in [4.69, 9.17) is 16.3 Å². The van der Waals surface area contributed by atoms with Crippen molar-refractivity contribution in [2.24, 2.45) is 0 Å². The monoisotopic (exact) mass is 316 g/mol. The van der Waals surface area contributed by atoms with Gasteiger partial charge in [-0.1, -0.05) is 49.7 Å². The molecule has 2 aromatic rings. The quantitative estimate of drug-likeness (QED) is 0.778. The molecule has 3 rings (SSSR count). The third-order valence-electron chi connectivity index (χ3n) is 4.31. The van der Waals surface area contributed by atoms with Gasteiger partial charge in [0.15, 0.2) is 0 Å². The number of aromatic nitrogens is 1. The number of benzene rings is 1. The van der Waals surface area contributed by atoms with Gasteiger partial charge < -0.3 is 9.64 Å². The van der Waals surface area contributed by atoms with E-state index in [9.17, 15) is 0 Å². The van der Waals surface area contributed by atoms with Crippen molar-refractivity contribution in [2.75, 3.05) is 25.1 Å². The fourth-order valence-electron chi connectivity index (χ4n) is 3.09. The van der Waals surface area contributed by atoms with Crippen LogP contribution in [0.4, 0.5) is 5.69 Å². The van der Waals surface area contributed by atoms with Crippen LogP contribution in [0.2, 0.25) is 5.15 Å². The topological polar surface area (TPSA) is 25.4 Å². The second kappa shape index (κ2) is 6.17. The van der Waals surface area contributed by atoms with Gasteiger partial charge in [-0.25, -0.2) is 4.98 Å². The SMILES string of the molecule is COc1cc(Cl)ncc1N1CC(c2ccccc2C(C)C)C1. The van der Waals surface area contributed by atoms with Crippen molar-refractivity contribution in [2.45, 2.75) is 25.7 Å². The fourth-order valence-corrected chi connectivity index (χ4v) is 3.24. The second-order valence-corrected chi connectivity index (χ2v) is 6.45. The Balaban J connectivity index is 1.78. The van der Waals surface area contributed by atoms with Crippen LogP contribution in [0, 0.1) is 0 Å². The Labute approximate surface area is 136 Å². The number of hydrogen-bond acceptors (Lipinski definition) is 3. The van der Waals surface area contributed by atoms with Gasteiger partial charge in [-0.3, -0.25) is 0 Å². The number of anilines is 1. The van der Waals surface area contributed by atoms with Gasteiger partial charge in [-0.05, 0) is 17.0 Å². The molecular weight excluding hydrogens is 296 g/mol. The predicted octanol–water partition coefficient (Wildman–Crippen LogP) is 4.47. The average Bonchev–Trinajstić information content (AvgIpc) is 2.47. The smallest absolute Gasteiger partial charge is 0.146 e. The number of hydrogen-bond donors (Lipinski definition) is 0. The summed E-state index contributed by atoms with van der Waals surface area (Å²) >= 11 is 5.93. The Morgan fingerprint density at radius 1 is 1.27 bits per heavy atom. The molecule has 3 nitrogen and oxygen atoms in total. The minimum absolute atomic E-state index is 0.461. The van der Waals surface area contributed by atoms with Gasteiger partial charge in [0.05, 0.1) is 19.0 Å². The first kappa shape index (κ1) is 15.2. The normalized spacial score (nSPS) is 15.0. The number of halogens is 1. The Morgan fingerprint density at radius 2 is 2.00 bits per heavy atom.